The third kappa shape index (κ3) is 3.35. The zero-order valence-corrected chi connectivity index (χ0v) is 11.7. The van der Waals surface area contributed by atoms with Crippen LogP contribution in [-0.2, 0) is 5.88 Å². The second-order valence-electron chi connectivity index (χ2n) is 4.56. The summed E-state index contributed by atoms with van der Waals surface area (Å²) in [5.74, 6) is 0.830. The highest BCUT2D eigenvalue weighted by atomic mass is 35.5. The minimum atomic E-state index is -0.171. The second kappa shape index (κ2) is 5.89. The molecule has 0 unspecified atom stereocenters. The summed E-state index contributed by atoms with van der Waals surface area (Å²) in [4.78, 5) is 12.0. The van der Waals surface area contributed by atoms with Crippen molar-refractivity contribution in [2.24, 2.45) is 0 Å². The molecule has 0 radical (unpaired) electrons. The molecule has 1 N–H and O–H groups in total. The predicted molar refractivity (Wildman–Crippen MR) is 76.6 cm³/mol. The van der Waals surface area contributed by atoms with E-state index < -0.39 is 0 Å². The van der Waals surface area contributed by atoms with E-state index in [1.165, 1.54) is 0 Å². The van der Waals surface area contributed by atoms with Crippen LogP contribution >= 0.6 is 11.6 Å². The van der Waals surface area contributed by atoms with Gasteiger partial charge in [-0.05, 0) is 31.5 Å². The van der Waals surface area contributed by atoms with Crippen LogP contribution in [0.1, 0.15) is 35.8 Å². The average molecular weight is 278 g/mol. The van der Waals surface area contributed by atoms with Crippen LogP contribution in [0.5, 0.6) is 0 Å². The molecular weight excluding hydrogens is 262 g/mol. The summed E-state index contributed by atoms with van der Waals surface area (Å²) in [6, 6.07) is 9.25. The molecule has 0 aliphatic heterocycles. The van der Waals surface area contributed by atoms with Gasteiger partial charge < -0.3 is 5.32 Å². The number of amides is 1. The summed E-state index contributed by atoms with van der Waals surface area (Å²) in [6.45, 7) is 4.06. The van der Waals surface area contributed by atoms with Gasteiger partial charge in [0.05, 0.1) is 0 Å². The van der Waals surface area contributed by atoms with Gasteiger partial charge >= 0.3 is 0 Å². The highest BCUT2D eigenvalue weighted by Crippen LogP contribution is 2.11. The van der Waals surface area contributed by atoms with Gasteiger partial charge in [-0.1, -0.05) is 12.1 Å². The number of carbonyl (C=O) groups is 1. The molecule has 0 atom stereocenters. The van der Waals surface area contributed by atoms with Gasteiger partial charge in [-0.2, -0.15) is 5.10 Å². The van der Waals surface area contributed by atoms with Gasteiger partial charge in [-0.3, -0.25) is 9.48 Å². The molecular formula is C14H16ClN3O. The first kappa shape index (κ1) is 13.6. The van der Waals surface area contributed by atoms with Crippen LogP contribution in [0.4, 0.5) is 5.82 Å². The highest BCUT2D eigenvalue weighted by Gasteiger charge is 2.08. The molecule has 0 saturated carbocycles. The lowest BCUT2D eigenvalue weighted by atomic mass is 10.1. The quantitative estimate of drug-likeness (QED) is 0.870. The number of anilines is 1. The number of halogens is 1. The summed E-state index contributed by atoms with van der Waals surface area (Å²) in [7, 11) is 0. The zero-order valence-electron chi connectivity index (χ0n) is 10.9. The first-order valence-electron chi connectivity index (χ1n) is 6.11. The Labute approximate surface area is 117 Å². The predicted octanol–water partition coefficient (Wildman–Crippen LogP) is 3.46. The third-order valence-electron chi connectivity index (χ3n) is 2.75. The topological polar surface area (TPSA) is 46.9 Å². The van der Waals surface area contributed by atoms with Gasteiger partial charge in [0.1, 0.15) is 0 Å². The van der Waals surface area contributed by atoms with E-state index in [0.717, 1.165) is 5.56 Å². The number of benzene rings is 1. The summed E-state index contributed by atoms with van der Waals surface area (Å²) >= 11 is 5.71. The van der Waals surface area contributed by atoms with Crippen molar-refractivity contribution in [2.45, 2.75) is 25.8 Å². The maximum atomic E-state index is 12.0. The van der Waals surface area contributed by atoms with Gasteiger partial charge in [-0.25, -0.2) is 0 Å². The van der Waals surface area contributed by atoms with Crippen molar-refractivity contribution in [1.29, 1.82) is 0 Å². The normalized spacial score (nSPS) is 10.7. The molecule has 0 aliphatic carbocycles. The van der Waals surface area contributed by atoms with Crippen LogP contribution in [0.2, 0.25) is 0 Å². The van der Waals surface area contributed by atoms with Gasteiger partial charge in [0, 0.05) is 29.7 Å². The smallest absolute Gasteiger partial charge is 0.256 e. The first-order chi connectivity index (χ1) is 9.10. The van der Waals surface area contributed by atoms with Crippen molar-refractivity contribution < 1.29 is 4.79 Å². The fourth-order valence-corrected chi connectivity index (χ4v) is 1.80. The molecule has 2 aromatic rings. The van der Waals surface area contributed by atoms with Crippen LogP contribution in [0.25, 0.3) is 0 Å². The van der Waals surface area contributed by atoms with Crippen LogP contribution < -0.4 is 5.32 Å². The number of alkyl halides is 1. The Morgan fingerprint density at radius 2 is 2.00 bits per heavy atom. The van der Waals surface area contributed by atoms with Crippen molar-refractivity contribution in [2.75, 3.05) is 5.32 Å². The molecule has 2 rings (SSSR count). The minimum Gasteiger partial charge on any atom is -0.305 e. The molecule has 0 saturated heterocycles. The maximum Gasteiger partial charge on any atom is 0.256 e. The van der Waals surface area contributed by atoms with Crippen molar-refractivity contribution >= 4 is 23.3 Å². The molecule has 4 nitrogen and oxygen atoms in total. The number of rotatable bonds is 4. The number of nitrogens with zero attached hydrogens (tertiary/aromatic N) is 2. The standard InChI is InChI=1S/C14H16ClN3O/c1-10(2)18-8-7-13(17-18)16-14(19)12-5-3-11(9-15)4-6-12/h3-8,10H,9H2,1-2H3,(H,16,17,19). The van der Waals surface area contributed by atoms with Gasteiger partial charge in [0.15, 0.2) is 5.82 Å². The lowest BCUT2D eigenvalue weighted by Crippen LogP contribution is -2.13. The Balaban J connectivity index is 2.06. The molecule has 19 heavy (non-hydrogen) atoms. The Kier molecular flexibility index (Phi) is 4.22. The van der Waals surface area contributed by atoms with Crippen LogP contribution in [-0.4, -0.2) is 15.7 Å². The van der Waals surface area contributed by atoms with E-state index in [1.54, 1.807) is 22.9 Å². The number of carbonyl (C=O) groups excluding carboxylic acids is 1. The van der Waals surface area contributed by atoms with Crippen molar-refractivity contribution in [3.05, 3.63) is 47.7 Å². The largest absolute Gasteiger partial charge is 0.305 e. The van der Waals surface area contributed by atoms with E-state index in [2.05, 4.69) is 10.4 Å². The van der Waals surface area contributed by atoms with Crippen molar-refractivity contribution in [1.82, 2.24) is 9.78 Å². The summed E-state index contributed by atoms with van der Waals surface area (Å²) in [6.07, 6.45) is 1.84. The van der Waals surface area contributed by atoms with E-state index in [1.807, 2.05) is 32.2 Å². The van der Waals surface area contributed by atoms with E-state index in [4.69, 9.17) is 11.6 Å². The Morgan fingerprint density at radius 1 is 1.32 bits per heavy atom. The fraction of sp³-hybridized carbons (Fsp3) is 0.286. The molecule has 0 aliphatic rings. The Morgan fingerprint density at radius 3 is 2.53 bits per heavy atom. The number of hydrogen-bond acceptors (Lipinski definition) is 2. The van der Waals surface area contributed by atoms with Crippen LogP contribution in [0, 0.1) is 0 Å². The number of aromatic nitrogens is 2. The number of nitrogens with one attached hydrogen (secondary N) is 1. The molecule has 0 spiro atoms. The Bertz CT molecular complexity index is 560. The minimum absolute atomic E-state index is 0.171. The Hall–Kier alpha value is -1.81. The van der Waals surface area contributed by atoms with Gasteiger partial charge in [-0.15, -0.1) is 11.6 Å². The molecule has 5 heteroatoms. The highest BCUT2D eigenvalue weighted by molar-refractivity contribution is 6.17. The second-order valence-corrected chi connectivity index (χ2v) is 4.83. The van der Waals surface area contributed by atoms with Gasteiger partial charge in [0.25, 0.3) is 5.91 Å². The third-order valence-corrected chi connectivity index (χ3v) is 3.06. The average Bonchev–Trinajstić information content (AvgIpc) is 2.87. The molecule has 1 aromatic carbocycles. The lowest BCUT2D eigenvalue weighted by Gasteiger charge is -2.05. The molecule has 100 valence electrons. The first-order valence-corrected chi connectivity index (χ1v) is 6.65. The van der Waals surface area contributed by atoms with Crippen molar-refractivity contribution in [3.8, 4) is 0 Å². The molecule has 1 amide bonds. The summed E-state index contributed by atoms with van der Waals surface area (Å²) in [5.41, 5.74) is 1.58. The summed E-state index contributed by atoms with van der Waals surface area (Å²) < 4.78 is 1.80. The van der Waals surface area contributed by atoms with Gasteiger partial charge in [0.2, 0.25) is 0 Å². The van der Waals surface area contributed by atoms with Crippen molar-refractivity contribution in [3.63, 3.8) is 0 Å². The summed E-state index contributed by atoms with van der Waals surface area (Å²) in [5, 5.41) is 7.04. The fourth-order valence-electron chi connectivity index (χ4n) is 1.63. The van der Waals surface area contributed by atoms with Crippen LogP contribution in [0.15, 0.2) is 36.5 Å². The van der Waals surface area contributed by atoms with E-state index in [0.29, 0.717) is 17.3 Å². The van der Waals surface area contributed by atoms with E-state index in [-0.39, 0.29) is 11.9 Å². The SMILES string of the molecule is CC(C)n1ccc(NC(=O)c2ccc(CCl)cc2)n1. The molecule has 0 fully saturated rings. The zero-order chi connectivity index (χ0) is 13.8. The lowest BCUT2D eigenvalue weighted by molar-refractivity contribution is 0.102. The molecule has 1 aromatic heterocycles. The molecule has 1 heterocycles. The van der Waals surface area contributed by atoms with E-state index in [9.17, 15) is 4.79 Å². The van der Waals surface area contributed by atoms with E-state index >= 15 is 0 Å². The molecule has 0 bridgehead atoms. The number of hydrogen-bond donors (Lipinski definition) is 1. The monoisotopic (exact) mass is 277 g/mol. The van der Waals surface area contributed by atoms with Crippen LogP contribution in [0.3, 0.4) is 0 Å². The maximum absolute atomic E-state index is 12.0.